The molecule has 1 aliphatic carbocycles. The Morgan fingerprint density at radius 2 is 1.27 bits per heavy atom. The van der Waals surface area contributed by atoms with Gasteiger partial charge in [-0.1, -0.05) is 127 Å². The van der Waals surface area contributed by atoms with Crippen LogP contribution in [0.3, 0.4) is 0 Å². The minimum atomic E-state index is -2.07. The highest BCUT2D eigenvalue weighted by molar-refractivity contribution is 6.01. The van der Waals surface area contributed by atoms with Gasteiger partial charge in [-0.25, -0.2) is 4.79 Å². The summed E-state index contributed by atoms with van der Waals surface area (Å²) in [4.78, 5) is 238. The predicted octanol–water partition coefficient (Wildman–Crippen LogP) is 1.84. The fourth-order valence-corrected chi connectivity index (χ4v) is 13.9. The zero-order valence-corrected chi connectivity index (χ0v) is 62.9. The first kappa shape index (κ1) is 87.3. The van der Waals surface area contributed by atoms with Gasteiger partial charge in [0.25, 0.3) is 6.47 Å². The summed E-state index contributed by atoms with van der Waals surface area (Å²) < 4.78 is 10.6. The van der Waals surface area contributed by atoms with Gasteiger partial charge in [-0.2, -0.15) is 0 Å². The number of carbonyl (C=O) groups excluding carboxylic acids is 15. The monoisotopic (exact) mass is 1520 g/mol. The van der Waals surface area contributed by atoms with Crippen LogP contribution in [-0.4, -0.2) is 215 Å². The molecule has 3 saturated heterocycles. The molecule has 3 heterocycles. The van der Waals surface area contributed by atoms with Crippen molar-refractivity contribution in [1.29, 1.82) is 0 Å². The van der Waals surface area contributed by atoms with E-state index >= 15 is 9.59 Å². The number of alkyl carbamates (subject to hydrolysis) is 1. The summed E-state index contributed by atoms with van der Waals surface area (Å²) in [5, 5.41) is 42.1. The second kappa shape index (κ2) is 42.8. The fourth-order valence-electron chi connectivity index (χ4n) is 13.9. The lowest BCUT2D eigenvalue weighted by atomic mass is 9.84. The fraction of sp³-hybridized carbons (Fsp3) is 0.592. The van der Waals surface area contributed by atoms with E-state index in [9.17, 15) is 82.1 Å². The molecular weight excluding hydrogens is 1420 g/mol. The molecule has 13 N–H and O–H groups in total. The van der Waals surface area contributed by atoms with Crippen LogP contribution in [0, 0.1) is 29.6 Å². The van der Waals surface area contributed by atoms with Gasteiger partial charge < -0.3 is 83.1 Å². The highest BCUT2D eigenvalue weighted by Crippen LogP contribution is 2.44. The molecule has 6 rings (SSSR count). The Hall–Kier alpha value is -10.6. The maximum atomic E-state index is 15.5. The normalized spacial score (nSPS) is 23.5. The number of hydrogen-bond acceptors (Lipinski definition) is 19. The van der Waals surface area contributed by atoms with Crippen molar-refractivity contribution in [2.24, 2.45) is 35.3 Å². The Morgan fingerprint density at radius 1 is 0.651 bits per heavy atom. The largest absolute Gasteiger partial charge is 0.481 e. The number of Topliss-reactive ketones (excluding diaryl/α,β-unsaturated/α-hetero) is 2. The molecule has 2 aromatic rings. The highest BCUT2D eigenvalue weighted by Gasteiger charge is 2.46. The number of nitrogens with one attached hydrogen (secondary N) is 9. The van der Waals surface area contributed by atoms with Crippen LogP contribution in [0.1, 0.15) is 175 Å². The number of carboxylic acid groups (broad SMARTS) is 2. The van der Waals surface area contributed by atoms with Crippen LogP contribution in [0.5, 0.6) is 0 Å². The van der Waals surface area contributed by atoms with Gasteiger partial charge in [0, 0.05) is 44.3 Å². The zero-order chi connectivity index (χ0) is 80.2. The van der Waals surface area contributed by atoms with E-state index in [1.807, 2.05) is 54.6 Å². The number of benzene rings is 2. The van der Waals surface area contributed by atoms with Gasteiger partial charge >= 0.3 is 18.0 Å². The quantitative estimate of drug-likeness (QED) is 0.0345. The van der Waals surface area contributed by atoms with E-state index in [1.165, 1.54) is 18.7 Å². The molecule has 109 heavy (non-hydrogen) atoms. The Kier molecular flexibility index (Phi) is 34.3. The molecular formula is C76H106N12O21. The molecule has 33 nitrogen and oxygen atoms in total. The number of carbonyl (C=O) groups is 17. The topological polar surface area (TPSA) is 490 Å². The van der Waals surface area contributed by atoms with Gasteiger partial charge in [0.1, 0.15) is 49.5 Å². The number of nitrogens with two attached hydrogens (primary N) is 1. The molecule has 12 atom stereocenters. The molecule has 0 radical (unpaired) electrons. The first-order chi connectivity index (χ1) is 51.8. The molecule has 596 valence electrons. The molecule has 0 bridgehead atoms. The molecule has 4 unspecified atom stereocenters. The van der Waals surface area contributed by atoms with Gasteiger partial charge in [0.2, 0.25) is 65.0 Å². The number of nitrogens with zero attached hydrogens (tertiary/aromatic N) is 2. The predicted molar refractivity (Wildman–Crippen MR) is 392 cm³/mol. The van der Waals surface area contributed by atoms with Crippen LogP contribution in [0.25, 0.3) is 11.1 Å². The number of amides is 12. The number of ether oxygens (including phenoxy) is 2. The van der Waals surface area contributed by atoms with Gasteiger partial charge in [-0.15, -0.1) is 0 Å². The third-order valence-corrected chi connectivity index (χ3v) is 20.0. The van der Waals surface area contributed by atoms with Crippen molar-refractivity contribution < 1.29 is 101 Å². The minimum Gasteiger partial charge on any atom is -0.481 e. The standard InChI is InChI=1S/C76H106N12O21/c1-42(2)23-14-12-10-8-9-11-13-15-30-62(93)82-55(35-61(77)92)71(101)86-66-46(7)80-72(102)59-29-22-32-88(59)73(103)65(43(3)4)85-68(98)53(45(6)81-76(107)109-39-54-50-26-18-16-24-48(50)49-25-17-19-27-51(49)54)33-47(90)37-78-70(100)57(40-108-41-89)83-63(94)38-79-69(99)56(36-64(95)96)84-67(97)52(44(5)75(105)106)34-60(91)58-28-20-21-31-87(58)74(66)104/h13,15-19,24-27,41-46,52-59,65-66H,8-12,14,20-23,28-40H2,1-7H3,(H2,77,92)(H,78,100)(H,79,99)(H,80,102)(H,81,107)(H,82,93)(H,83,94)(H,84,97)(H,85,98)(H,86,101)(H,95,96)(H,105,106)/b15-13-/t44?,45?,46-,52+,53-,55+,56+,57?,58-,59+,65+,66?/m1/s1. The van der Waals surface area contributed by atoms with E-state index in [4.69, 9.17) is 15.2 Å². The van der Waals surface area contributed by atoms with Gasteiger partial charge in [-0.05, 0) is 92.9 Å². The summed E-state index contributed by atoms with van der Waals surface area (Å²) >= 11 is 0. The van der Waals surface area contributed by atoms with Crippen molar-refractivity contribution in [3.63, 3.8) is 0 Å². The van der Waals surface area contributed by atoms with Gasteiger partial charge in [0.05, 0.1) is 55.8 Å². The van der Waals surface area contributed by atoms with E-state index in [0.29, 0.717) is 12.3 Å². The molecule has 33 heteroatoms. The summed E-state index contributed by atoms with van der Waals surface area (Å²) in [6.45, 7) is 8.01. The number of rotatable bonds is 27. The number of carboxylic acids is 2. The zero-order valence-electron chi connectivity index (χ0n) is 62.9. The van der Waals surface area contributed by atoms with Crippen molar-refractivity contribution in [2.45, 2.75) is 218 Å². The molecule has 3 fully saturated rings. The van der Waals surface area contributed by atoms with E-state index in [2.05, 4.69) is 61.7 Å². The Morgan fingerprint density at radius 3 is 1.91 bits per heavy atom. The minimum absolute atomic E-state index is 0.0112. The lowest BCUT2D eigenvalue weighted by Crippen LogP contribution is -2.64. The maximum Gasteiger partial charge on any atom is 0.407 e. The third-order valence-electron chi connectivity index (χ3n) is 20.0. The summed E-state index contributed by atoms with van der Waals surface area (Å²) in [7, 11) is 0. The molecule has 0 aromatic heterocycles. The number of hydrogen-bond donors (Lipinski definition) is 12. The second-order valence-electron chi connectivity index (χ2n) is 29.1. The number of aliphatic carboxylic acids is 2. The average Bonchev–Trinajstić information content (AvgIpc) is 1.63. The highest BCUT2D eigenvalue weighted by atomic mass is 16.5. The maximum absolute atomic E-state index is 15.5. The summed E-state index contributed by atoms with van der Waals surface area (Å²) in [5.41, 5.74) is 9.31. The summed E-state index contributed by atoms with van der Waals surface area (Å²) in [5.74, 6) is -22.3. The van der Waals surface area contributed by atoms with E-state index in [0.717, 1.165) is 72.6 Å². The van der Waals surface area contributed by atoms with Crippen molar-refractivity contribution in [2.75, 3.05) is 39.4 Å². The Bertz CT molecular complexity index is 3630. The Labute approximate surface area is 633 Å². The van der Waals surface area contributed by atoms with Gasteiger partial charge in [-0.3, -0.25) is 76.7 Å². The molecule has 3 aliphatic heterocycles. The number of unbranched alkanes of at least 4 members (excludes halogenated alkanes) is 5. The number of piperidine rings is 1. The van der Waals surface area contributed by atoms with E-state index in [1.54, 1.807) is 19.9 Å². The molecule has 2 aromatic carbocycles. The first-order valence-corrected chi connectivity index (χ1v) is 37.4. The van der Waals surface area contributed by atoms with Crippen LogP contribution < -0.4 is 53.6 Å². The van der Waals surface area contributed by atoms with Crippen molar-refractivity contribution in [3.05, 3.63) is 71.8 Å². The molecule has 0 spiro atoms. The number of primary amides is 1. The lowest BCUT2D eigenvalue weighted by Gasteiger charge is -2.39. The van der Waals surface area contributed by atoms with Crippen molar-refractivity contribution in [3.8, 4) is 11.1 Å². The van der Waals surface area contributed by atoms with Gasteiger partial charge in [0.15, 0.2) is 11.6 Å². The number of ketones is 2. The summed E-state index contributed by atoms with van der Waals surface area (Å²) in [6.07, 6.45) is 6.12. The number of allylic oxidation sites excluding steroid dienone is 1. The van der Waals surface area contributed by atoms with Crippen LogP contribution >= 0.6 is 0 Å². The average molecular weight is 1520 g/mol. The second-order valence-corrected chi connectivity index (χ2v) is 29.1. The van der Waals surface area contributed by atoms with Crippen LogP contribution in [0.4, 0.5) is 4.79 Å². The van der Waals surface area contributed by atoms with Crippen molar-refractivity contribution in [1.82, 2.24) is 57.7 Å². The van der Waals surface area contributed by atoms with E-state index in [-0.39, 0.29) is 70.6 Å². The molecule has 0 saturated carbocycles. The van der Waals surface area contributed by atoms with Crippen LogP contribution in [0.15, 0.2) is 60.7 Å². The number of fused-ring (bicyclic) bond motifs is 5. The third kappa shape index (κ3) is 26.1. The van der Waals surface area contributed by atoms with Crippen LogP contribution in [-0.2, 0) is 86.2 Å². The van der Waals surface area contributed by atoms with E-state index < -0.39 is 218 Å². The van der Waals surface area contributed by atoms with Crippen molar-refractivity contribution >= 4 is 101 Å². The van der Waals surface area contributed by atoms with Crippen LogP contribution in [0.2, 0.25) is 0 Å². The molecule has 4 aliphatic rings. The summed E-state index contributed by atoms with van der Waals surface area (Å²) in [6, 6.07) is 0.629. The first-order valence-electron chi connectivity index (χ1n) is 37.4. The smallest absolute Gasteiger partial charge is 0.407 e. The lowest BCUT2D eigenvalue weighted by molar-refractivity contribution is -0.150. The SMILES string of the molecule is CC(C)CCCCCCC/C=C\CC(=O)N[C@@H](CC(N)=O)C(=O)NC1C(=O)N2CCCC[C@@H]2C(=O)C[C@@H](C(C)C(=O)O)C(=O)N[C@@H](CC(=O)O)C(=O)NCC(=O)NC(COC=O)C(=O)NCC(=O)C[C@H](C(C)NC(=O)OCC2c3ccccc3-c3ccccc32)C(=O)N[C@@H](C(C)C)C(=O)N2CCC[C@H]2C(=O)N[C@@H]1C. The molecule has 12 amide bonds. The Balaban J connectivity index is 1.35.